The van der Waals surface area contributed by atoms with Gasteiger partial charge in [-0.3, -0.25) is 9.59 Å². The zero-order valence-corrected chi connectivity index (χ0v) is 30.5. The van der Waals surface area contributed by atoms with Gasteiger partial charge in [0.15, 0.2) is 0 Å². The van der Waals surface area contributed by atoms with Crippen molar-refractivity contribution in [2.24, 2.45) is 10.8 Å². The summed E-state index contributed by atoms with van der Waals surface area (Å²) >= 11 is 0. The SMILES string of the molecule is CCC(C)(C)C(=O)OCCC[Si](OC)(OC)OC.CCC(C)(C)C(=O)OCC[N+](C)(C)C.Cc1ccc(S(=O)(=O)[O-])cc1. The number of carbonyl (C=O) groups excluding carboxylic acids is 2. The third-order valence-corrected chi connectivity index (χ3v) is 10.7. The lowest BCUT2D eigenvalue weighted by Gasteiger charge is -2.25. The molecule has 0 aliphatic heterocycles. The quantitative estimate of drug-likeness (QED) is 0.0854. The molecule has 0 fully saturated rings. The second-order valence-corrected chi connectivity index (χ2v) is 16.9. The fourth-order valence-electron chi connectivity index (χ4n) is 2.81. The average molecular weight is 652 g/mol. The van der Waals surface area contributed by atoms with E-state index in [1.165, 1.54) is 12.1 Å². The molecule has 0 N–H and O–H groups in total. The molecule has 1 aromatic carbocycles. The molecule has 0 radical (unpaired) electrons. The first-order chi connectivity index (χ1) is 19.6. The maximum absolute atomic E-state index is 11.7. The van der Waals surface area contributed by atoms with E-state index in [0.717, 1.165) is 29.4 Å². The summed E-state index contributed by atoms with van der Waals surface area (Å²) in [4.78, 5) is 23.1. The van der Waals surface area contributed by atoms with Crippen molar-refractivity contribution in [2.75, 3.05) is 62.2 Å². The number of benzene rings is 1. The lowest BCUT2D eigenvalue weighted by atomic mass is 9.91. The molecule has 0 heterocycles. The smallest absolute Gasteiger partial charge is 0.500 e. The van der Waals surface area contributed by atoms with Gasteiger partial charge < -0.3 is 31.8 Å². The van der Waals surface area contributed by atoms with Crippen molar-refractivity contribution in [3.8, 4) is 0 Å². The number of aryl methyl sites for hydroxylation is 1. The van der Waals surface area contributed by atoms with E-state index in [4.69, 9.17) is 22.8 Å². The third kappa shape index (κ3) is 18.5. The van der Waals surface area contributed by atoms with Crippen molar-refractivity contribution in [3.63, 3.8) is 0 Å². The van der Waals surface area contributed by atoms with E-state index in [1.54, 1.807) is 33.5 Å². The summed E-state index contributed by atoms with van der Waals surface area (Å²) in [6.07, 6.45) is 2.25. The predicted molar refractivity (Wildman–Crippen MR) is 168 cm³/mol. The van der Waals surface area contributed by atoms with Crippen molar-refractivity contribution in [1.82, 2.24) is 0 Å². The van der Waals surface area contributed by atoms with Crippen LogP contribution in [0, 0.1) is 17.8 Å². The van der Waals surface area contributed by atoms with E-state index in [2.05, 4.69) is 21.1 Å². The number of quaternary nitrogens is 1. The first-order valence-electron chi connectivity index (χ1n) is 14.4. The second kappa shape index (κ2) is 19.5. The van der Waals surface area contributed by atoms with Crippen molar-refractivity contribution < 1.29 is 49.8 Å². The average Bonchev–Trinajstić information content (AvgIpc) is 2.93. The monoisotopic (exact) mass is 651 g/mol. The molecule has 1 aromatic rings. The zero-order valence-electron chi connectivity index (χ0n) is 28.7. The predicted octanol–water partition coefficient (Wildman–Crippen LogP) is 4.81. The Labute approximate surface area is 261 Å². The first-order valence-corrected chi connectivity index (χ1v) is 17.7. The van der Waals surface area contributed by atoms with Crippen molar-refractivity contribution in [3.05, 3.63) is 29.8 Å². The van der Waals surface area contributed by atoms with Crippen LogP contribution in [0.3, 0.4) is 0 Å². The number of carbonyl (C=O) groups is 2. The van der Waals surface area contributed by atoms with Gasteiger partial charge >= 0.3 is 20.7 Å². The molecule has 0 amide bonds. The van der Waals surface area contributed by atoms with E-state index in [-0.39, 0.29) is 22.2 Å². The Balaban J connectivity index is 0. The summed E-state index contributed by atoms with van der Waals surface area (Å²) in [5.41, 5.74) is 0.167. The van der Waals surface area contributed by atoms with Crippen LogP contribution in [0.1, 0.15) is 66.4 Å². The van der Waals surface area contributed by atoms with Crippen LogP contribution in [-0.4, -0.2) is 100 Å². The molecule has 0 saturated carbocycles. The summed E-state index contributed by atoms with van der Waals surface area (Å²) < 4.78 is 58.3. The lowest BCUT2D eigenvalue weighted by molar-refractivity contribution is -0.870. The van der Waals surface area contributed by atoms with Gasteiger partial charge in [-0.05, 0) is 66.0 Å². The number of hydrogen-bond donors (Lipinski definition) is 0. The van der Waals surface area contributed by atoms with Gasteiger partial charge in [-0.25, -0.2) is 8.42 Å². The second-order valence-electron chi connectivity index (χ2n) is 12.4. The normalized spacial score (nSPS) is 12.3. The molecule has 0 aliphatic carbocycles. The van der Waals surface area contributed by atoms with Gasteiger partial charge in [0.25, 0.3) is 0 Å². The van der Waals surface area contributed by atoms with Crippen LogP contribution in [0.4, 0.5) is 0 Å². The van der Waals surface area contributed by atoms with E-state index < -0.39 is 24.3 Å². The molecule has 0 spiro atoms. The summed E-state index contributed by atoms with van der Waals surface area (Å²) in [6.45, 7) is 15.1. The number of likely N-dealkylation sites (N-methyl/N-ethyl adjacent to an activating group) is 1. The Bertz CT molecular complexity index is 1040. The van der Waals surface area contributed by atoms with Gasteiger partial charge in [0.1, 0.15) is 23.3 Å². The Morgan fingerprint density at radius 3 is 1.53 bits per heavy atom. The van der Waals surface area contributed by atoms with Crippen molar-refractivity contribution >= 4 is 30.9 Å². The van der Waals surface area contributed by atoms with Gasteiger partial charge in [-0.15, -0.1) is 0 Å². The van der Waals surface area contributed by atoms with Crippen LogP contribution in [-0.2, 0) is 42.5 Å². The highest BCUT2D eigenvalue weighted by molar-refractivity contribution is 7.85. The summed E-state index contributed by atoms with van der Waals surface area (Å²) in [5, 5.41) is 0. The van der Waals surface area contributed by atoms with Crippen LogP contribution in [0.5, 0.6) is 0 Å². The Hall–Kier alpha value is -1.87. The van der Waals surface area contributed by atoms with Gasteiger partial charge in [0.05, 0.1) is 43.5 Å². The minimum absolute atomic E-state index is 0.0894. The molecule has 13 heteroatoms. The molecule has 0 bridgehead atoms. The Morgan fingerprint density at radius 1 is 0.814 bits per heavy atom. The topological polar surface area (TPSA) is 137 Å². The van der Waals surface area contributed by atoms with E-state index >= 15 is 0 Å². The van der Waals surface area contributed by atoms with Crippen LogP contribution >= 0.6 is 0 Å². The lowest BCUT2D eigenvalue weighted by Crippen LogP contribution is -2.42. The number of rotatable bonds is 15. The number of esters is 2. The zero-order chi connectivity index (χ0) is 34.1. The van der Waals surface area contributed by atoms with E-state index in [9.17, 15) is 22.6 Å². The highest BCUT2D eigenvalue weighted by Crippen LogP contribution is 2.23. The molecule has 0 aromatic heterocycles. The minimum Gasteiger partial charge on any atom is -0.744 e. The van der Waals surface area contributed by atoms with E-state index in [0.29, 0.717) is 25.7 Å². The summed E-state index contributed by atoms with van der Waals surface area (Å²) in [7, 11) is 4.17. The molecular weight excluding hydrogens is 594 g/mol. The number of ether oxygens (including phenoxy) is 2. The molecule has 11 nitrogen and oxygen atoms in total. The van der Waals surface area contributed by atoms with Gasteiger partial charge in [-0.2, -0.15) is 0 Å². The molecular formula is C30H57NO10SSi. The summed E-state index contributed by atoms with van der Waals surface area (Å²) in [5.74, 6) is -0.252. The third-order valence-electron chi connectivity index (χ3n) is 6.97. The van der Waals surface area contributed by atoms with Crippen molar-refractivity contribution in [1.29, 1.82) is 0 Å². The fraction of sp³-hybridized carbons (Fsp3) is 0.733. The summed E-state index contributed by atoms with van der Waals surface area (Å²) in [6, 6.07) is 6.42. The van der Waals surface area contributed by atoms with Crippen molar-refractivity contribution in [2.45, 2.75) is 78.7 Å². The standard InChI is InChI=1S/C12H26O5Si.C11H24NO2.C7H8O3S/c1-7-12(2,3)11(13)17-9-8-10-18(14-4,15-5)16-6;1-7-11(2,3)10(13)14-9-8-12(4,5)6;1-6-2-4-7(5-3-6)11(8,9)10/h7-10H2,1-6H3;7-9H2,1-6H3;2-5H,1H3,(H,8,9,10)/q;+1;/p-1. The molecule has 1 rings (SSSR count). The molecule has 0 aliphatic rings. The minimum atomic E-state index is -4.27. The first kappa shape index (κ1) is 43.3. The Morgan fingerprint density at radius 2 is 1.21 bits per heavy atom. The number of nitrogens with zero attached hydrogens (tertiary/aromatic N) is 1. The van der Waals surface area contributed by atoms with Crippen LogP contribution in [0.2, 0.25) is 6.04 Å². The van der Waals surface area contributed by atoms with Gasteiger partial charge in [0, 0.05) is 27.4 Å². The molecule has 0 unspecified atom stereocenters. The highest BCUT2D eigenvalue weighted by atomic mass is 32.2. The molecule has 0 atom stereocenters. The van der Waals surface area contributed by atoms with Gasteiger partial charge in [-0.1, -0.05) is 31.5 Å². The highest BCUT2D eigenvalue weighted by Gasteiger charge is 2.37. The molecule has 43 heavy (non-hydrogen) atoms. The van der Waals surface area contributed by atoms with Gasteiger partial charge in [0.2, 0.25) is 0 Å². The number of hydrogen-bond acceptors (Lipinski definition) is 10. The van der Waals surface area contributed by atoms with Crippen LogP contribution in [0.25, 0.3) is 0 Å². The van der Waals surface area contributed by atoms with Crippen LogP contribution < -0.4 is 0 Å². The van der Waals surface area contributed by atoms with Crippen LogP contribution in [0.15, 0.2) is 29.2 Å². The largest absolute Gasteiger partial charge is 0.744 e. The van der Waals surface area contributed by atoms with E-state index in [1.807, 2.05) is 48.5 Å². The maximum Gasteiger partial charge on any atom is 0.500 e. The fourth-order valence-corrected chi connectivity index (χ4v) is 4.97. The maximum atomic E-state index is 11.7. The molecule has 0 saturated heterocycles. The Kier molecular flexibility index (Phi) is 19.6. The molecule has 252 valence electrons.